The minimum Gasteiger partial charge on any atom is -0.465 e. The molecule has 2 atom stereocenters. The number of carboxylic acid groups (broad SMARTS) is 1. The molecule has 1 saturated carbocycles. The largest absolute Gasteiger partial charge is 0.465 e. The number of halogens is 1. The molecular weight excluding hydrogens is 406 g/mol. The maximum atomic E-state index is 12.8. The number of carbonyl (C=O) groups excluding carboxylic acids is 1. The molecule has 0 radical (unpaired) electrons. The Balaban J connectivity index is 1.51. The minimum atomic E-state index is -1.05. The molecule has 160 valence electrons. The number of rotatable bonds is 4. The van der Waals surface area contributed by atoms with E-state index in [0.29, 0.717) is 17.3 Å². The third kappa shape index (κ3) is 4.28. The number of aromatic nitrogens is 3. The van der Waals surface area contributed by atoms with Gasteiger partial charge in [0.05, 0.1) is 11.2 Å². The van der Waals surface area contributed by atoms with Gasteiger partial charge in [0, 0.05) is 41.5 Å². The molecule has 1 fully saturated rings. The van der Waals surface area contributed by atoms with Gasteiger partial charge in [-0.05, 0) is 37.2 Å². The van der Waals surface area contributed by atoms with Crippen LogP contribution in [0.5, 0.6) is 0 Å². The van der Waals surface area contributed by atoms with Crippen molar-refractivity contribution >= 4 is 29.4 Å². The first-order valence-corrected chi connectivity index (χ1v) is 10.6. The van der Waals surface area contributed by atoms with Crippen LogP contribution in [0, 0.1) is 11.3 Å². The number of pyridine rings is 1. The summed E-state index contributed by atoms with van der Waals surface area (Å²) in [5.74, 6) is 0.0386. The lowest BCUT2D eigenvalue weighted by atomic mass is 9.85. The highest BCUT2D eigenvalue weighted by atomic mass is 35.5. The fourth-order valence-electron chi connectivity index (χ4n) is 4.55. The third-order valence-electron chi connectivity index (χ3n) is 5.94. The lowest BCUT2D eigenvalue weighted by Crippen LogP contribution is -2.40. The summed E-state index contributed by atoms with van der Waals surface area (Å²) in [6.07, 6.45) is 6.00. The zero-order valence-corrected chi connectivity index (χ0v) is 17.9. The molecule has 8 nitrogen and oxygen atoms in total. The zero-order chi connectivity index (χ0) is 21.5. The molecule has 2 aromatic heterocycles. The summed E-state index contributed by atoms with van der Waals surface area (Å²) in [5, 5.41) is 19.3. The monoisotopic (exact) mass is 431 g/mol. The van der Waals surface area contributed by atoms with E-state index in [9.17, 15) is 9.59 Å². The molecule has 0 bridgehead atoms. The van der Waals surface area contributed by atoms with Gasteiger partial charge in [-0.15, -0.1) is 0 Å². The van der Waals surface area contributed by atoms with Crippen molar-refractivity contribution in [1.29, 1.82) is 0 Å². The summed E-state index contributed by atoms with van der Waals surface area (Å²) < 4.78 is 2.02. The lowest BCUT2D eigenvalue weighted by Gasteiger charge is -2.28. The van der Waals surface area contributed by atoms with Gasteiger partial charge in [0.2, 0.25) is 5.91 Å². The maximum Gasteiger partial charge on any atom is 0.404 e. The van der Waals surface area contributed by atoms with Crippen LogP contribution < -0.4 is 10.6 Å². The molecule has 1 aliphatic carbocycles. The van der Waals surface area contributed by atoms with Crippen molar-refractivity contribution in [2.24, 2.45) is 11.3 Å². The summed E-state index contributed by atoms with van der Waals surface area (Å²) in [6.45, 7) is 5.28. The van der Waals surface area contributed by atoms with Gasteiger partial charge in [-0.1, -0.05) is 31.9 Å². The summed E-state index contributed by atoms with van der Waals surface area (Å²) in [5.41, 5.74) is 3.05. The quantitative estimate of drug-likeness (QED) is 0.679. The van der Waals surface area contributed by atoms with Gasteiger partial charge in [-0.25, -0.2) is 9.78 Å². The maximum absolute atomic E-state index is 12.8. The fourth-order valence-corrected chi connectivity index (χ4v) is 4.75. The van der Waals surface area contributed by atoms with Gasteiger partial charge in [0.25, 0.3) is 0 Å². The van der Waals surface area contributed by atoms with Gasteiger partial charge in [0.15, 0.2) is 0 Å². The van der Waals surface area contributed by atoms with E-state index in [1.54, 1.807) is 12.3 Å². The van der Waals surface area contributed by atoms with Crippen molar-refractivity contribution in [1.82, 2.24) is 20.1 Å². The van der Waals surface area contributed by atoms with Crippen molar-refractivity contribution in [2.75, 3.05) is 5.32 Å². The Hall–Kier alpha value is -2.61. The molecule has 0 saturated heterocycles. The Morgan fingerprint density at radius 2 is 2.07 bits per heavy atom. The predicted octanol–water partition coefficient (Wildman–Crippen LogP) is 3.95. The molecule has 0 spiro atoms. The first kappa shape index (κ1) is 20.7. The molecule has 2 aromatic rings. The summed E-state index contributed by atoms with van der Waals surface area (Å²) in [6, 6.07) is 1.60. The van der Waals surface area contributed by atoms with Crippen molar-refractivity contribution < 1.29 is 14.7 Å². The second-order valence-electron chi connectivity index (χ2n) is 9.05. The van der Waals surface area contributed by atoms with Crippen LogP contribution >= 0.6 is 11.6 Å². The van der Waals surface area contributed by atoms with Crippen molar-refractivity contribution in [3.8, 4) is 11.1 Å². The Bertz CT molecular complexity index is 987. The van der Waals surface area contributed by atoms with E-state index in [1.807, 2.05) is 10.9 Å². The van der Waals surface area contributed by atoms with E-state index in [2.05, 4.69) is 34.6 Å². The van der Waals surface area contributed by atoms with E-state index in [-0.39, 0.29) is 23.3 Å². The van der Waals surface area contributed by atoms with Crippen LogP contribution in [-0.2, 0) is 17.8 Å². The Kier molecular flexibility index (Phi) is 5.44. The van der Waals surface area contributed by atoms with Gasteiger partial charge < -0.3 is 15.7 Å². The molecule has 2 aliphatic rings. The van der Waals surface area contributed by atoms with Crippen molar-refractivity contribution in [3.63, 3.8) is 0 Å². The second-order valence-corrected chi connectivity index (χ2v) is 9.46. The van der Waals surface area contributed by atoms with E-state index in [4.69, 9.17) is 16.7 Å². The molecule has 3 N–H and O–H groups in total. The number of nitrogens with one attached hydrogen (secondary N) is 2. The first-order chi connectivity index (χ1) is 14.2. The third-order valence-corrected chi connectivity index (χ3v) is 6.24. The number of fused-ring (bicyclic) bond motifs is 1. The standard InChI is InChI=1S/C21H26ClN5O3/c1-21(2)8-17-15(9-24-27(17)11-21)14-7-18(23-10-16(14)22)26-19(28)12-4-3-5-13(6-12)25-20(29)30/h7,9-10,12-13,25H,3-6,8,11H2,1-2H3,(H,29,30)(H,23,26,28)/t12-,13+/m0/s1. The average molecular weight is 432 g/mol. The lowest BCUT2D eigenvalue weighted by molar-refractivity contribution is -0.121. The van der Waals surface area contributed by atoms with Crippen LogP contribution in [0.1, 0.15) is 45.2 Å². The normalized spacial score (nSPS) is 22.4. The first-order valence-electron chi connectivity index (χ1n) is 10.2. The number of amides is 2. The van der Waals surface area contributed by atoms with Crippen LogP contribution in [0.4, 0.5) is 10.6 Å². The Morgan fingerprint density at radius 3 is 2.83 bits per heavy atom. The molecular formula is C21H26ClN5O3. The smallest absolute Gasteiger partial charge is 0.404 e. The van der Waals surface area contributed by atoms with Crippen LogP contribution in [-0.4, -0.2) is 37.9 Å². The highest BCUT2D eigenvalue weighted by Gasteiger charge is 2.32. The van der Waals surface area contributed by atoms with Gasteiger partial charge in [-0.3, -0.25) is 9.48 Å². The Morgan fingerprint density at radius 1 is 1.27 bits per heavy atom. The summed E-state index contributed by atoms with van der Waals surface area (Å²) in [7, 11) is 0. The van der Waals surface area contributed by atoms with Crippen LogP contribution in [0.15, 0.2) is 18.5 Å². The van der Waals surface area contributed by atoms with Crippen LogP contribution in [0.3, 0.4) is 0 Å². The minimum absolute atomic E-state index is 0.144. The number of carbonyl (C=O) groups is 2. The average Bonchev–Trinajstić information content (AvgIpc) is 3.18. The highest BCUT2D eigenvalue weighted by Crippen LogP contribution is 2.39. The molecule has 0 unspecified atom stereocenters. The molecule has 1 aliphatic heterocycles. The van der Waals surface area contributed by atoms with Crippen LogP contribution in [0.25, 0.3) is 11.1 Å². The SMILES string of the molecule is CC1(C)Cc2c(-c3cc(NC(=O)[C@H]4CCC[C@@H](NC(=O)O)C4)ncc3Cl)cnn2C1. The molecule has 0 aromatic carbocycles. The number of hydrogen-bond donors (Lipinski definition) is 3. The molecule has 2 amide bonds. The Labute approximate surface area is 180 Å². The van der Waals surface area contributed by atoms with E-state index >= 15 is 0 Å². The van der Waals surface area contributed by atoms with Gasteiger partial charge in [-0.2, -0.15) is 5.10 Å². The topological polar surface area (TPSA) is 109 Å². The van der Waals surface area contributed by atoms with E-state index in [0.717, 1.165) is 49.0 Å². The number of hydrogen-bond acceptors (Lipinski definition) is 4. The van der Waals surface area contributed by atoms with E-state index < -0.39 is 6.09 Å². The molecule has 4 rings (SSSR count). The van der Waals surface area contributed by atoms with Gasteiger partial charge in [0.1, 0.15) is 5.82 Å². The van der Waals surface area contributed by atoms with Crippen molar-refractivity contribution in [3.05, 3.63) is 29.2 Å². The molecule has 30 heavy (non-hydrogen) atoms. The van der Waals surface area contributed by atoms with Crippen molar-refractivity contribution in [2.45, 2.75) is 58.5 Å². The van der Waals surface area contributed by atoms with Gasteiger partial charge >= 0.3 is 6.09 Å². The number of nitrogens with zero attached hydrogens (tertiary/aromatic N) is 3. The van der Waals surface area contributed by atoms with E-state index in [1.165, 1.54) is 0 Å². The van der Waals surface area contributed by atoms with Crippen LogP contribution in [0.2, 0.25) is 5.02 Å². The highest BCUT2D eigenvalue weighted by molar-refractivity contribution is 6.33. The number of anilines is 1. The summed E-state index contributed by atoms with van der Waals surface area (Å²) in [4.78, 5) is 27.9. The molecule has 9 heteroatoms. The zero-order valence-electron chi connectivity index (χ0n) is 17.1. The fraction of sp³-hybridized carbons (Fsp3) is 0.524. The summed E-state index contributed by atoms with van der Waals surface area (Å²) >= 11 is 6.44. The second kappa shape index (κ2) is 7.91. The molecule has 3 heterocycles. The predicted molar refractivity (Wildman–Crippen MR) is 113 cm³/mol.